The second-order valence-electron chi connectivity index (χ2n) is 5.23. The van der Waals surface area contributed by atoms with Crippen molar-refractivity contribution in [3.8, 4) is 0 Å². The predicted molar refractivity (Wildman–Crippen MR) is 66.0 cm³/mol. The number of amides is 2. The largest absolute Gasteiger partial charge is 0.361 e. The second kappa shape index (κ2) is 5.00. The zero-order chi connectivity index (χ0) is 12.4. The maximum absolute atomic E-state index is 12.2. The van der Waals surface area contributed by atoms with Gasteiger partial charge in [0.25, 0.3) is 0 Å². The minimum Gasteiger partial charge on any atom is -0.361 e. The Morgan fingerprint density at radius 1 is 1.39 bits per heavy atom. The van der Waals surface area contributed by atoms with E-state index in [2.05, 4.69) is 10.5 Å². The fraction of sp³-hybridized carbons (Fsp3) is 0.692. The van der Waals surface area contributed by atoms with Crippen LogP contribution in [0.4, 0.5) is 4.79 Å². The molecule has 18 heavy (non-hydrogen) atoms. The van der Waals surface area contributed by atoms with E-state index in [1.54, 1.807) is 6.20 Å². The molecule has 1 aliphatic heterocycles. The first-order valence-corrected chi connectivity index (χ1v) is 6.81. The smallest absolute Gasteiger partial charge is 0.317 e. The molecule has 98 valence electrons. The van der Waals surface area contributed by atoms with E-state index in [1.807, 2.05) is 4.90 Å². The number of rotatable bonds is 1. The number of nitrogens with zero attached hydrogens (tertiary/aromatic N) is 2. The maximum atomic E-state index is 12.2. The highest BCUT2D eigenvalue weighted by molar-refractivity contribution is 5.74. The van der Waals surface area contributed by atoms with Crippen LogP contribution in [-0.2, 0) is 13.0 Å². The molecule has 0 unspecified atom stereocenters. The molecular weight excluding hydrogens is 230 g/mol. The van der Waals surface area contributed by atoms with E-state index in [9.17, 15) is 4.79 Å². The third-order valence-corrected chi connectivity index (χ3v) is 3.92. The molecule has 2 heterocycles. The molecule has 0 aromatic carbocycles. The highest BCUT2D eigenvalue weighted by Crippen LogP contribution is 2.20. The van der Waals surface area contributed by atoms with Gasteiger partial charge in [-0.15, -0.1) is 0 Å². The molecule has 0 atom stereocenters. The van der Waals surface area contributed by atoms with Gasteiger partial charge in [-0.25, -0.2) is 4.79 Å². The Hall–Kier alpha value is -1.52. The SMILES string of the molecule is O=C(NC1CCCCC1)N1CCc2oncc2C1. The van der Waals surface area contributed by atoms with E-state index in [4.69, 9.17) is 4.52 Å². The van der Waals surface area contributed by atoms with Crippen molar-refractivity contribution in [1.82, 2.24) is 15.4 Å². The molecule has 0 spiro atoms. The summed E-state index contributed by atoms with van der Waals surface area (Å²) in [6, 6.07) is 0.434. The van der Waals surface area contributed by atoms with Crippen LogP contribution in [-0.4, -0.2) is 28.7 Å². The average molecular weight is 249 g/mol. The summed E-state index contributed by atoms with van der Waals surface area (Å²) in [6.07, 6.45) is 8.51. The summed E-state index contributed by atoms with van der Waals surface area (Å²) in [4.78, 5) is 14.0. The van der Waals surface area contributed by atoms with Crippen molar-refractivity contribution in [2.45, 2.75) is 51.1 Å². The number of aromatic nitrogens is 1. The standard InChI is InChI=1S/C13H19N3O2/c17-13(15-11-4-2-1-3-5-11)16-7-6-12-10(9-16)8-14-18-12/h8,11H,1-7,9H2,(H,15,17). The first-order valence-electron chi connectivity index (χ1n) is 6.81. The van der Waals surface area contributed by atoms with E-state index in [1.165, 1.54) is 19.3 Å². The van der Waals surface area contributed by atoms with Gasteiger partial charge in [0, 0.05) is 24.6 Å². The molecule has 1 N–H and O–H groups in total. The molecule has 1 aromatic heterocycles. The van der Waals surface area contributed by atoms with Gasteiger partial charge in [0.15, 0.2) is 0 Å². The Kier molecular flexibility index (Phi) is 3.21. The lowest BCUT2D eigenvalue weighted by atomic mass is 9.96. The predicted octanol–water partition coefficient (Wildman–Crippen LogP) is 2.08. The van der Waals surface area contributed by atoms with E-state index < -0.39 is 0 Å². The third-order valence-electron chi connectivity index (χ3n) is 3.92. The molecule has 2 aliphatic rings. The average Bonchev–Trinajstić information content (AvgIpc) is 2.87. The van der Waals surface area contributed by atoms with Gasteiger partial charge in [-0.2, -0.15) is 0 Å². The van der Waals surface area contributed by atoms with Crippen LogP contribution >= 0.6 is 0 Å². The number of fused-ring (bicyclic) bond motifs is 1. The van der Waals surface area contributed by atoms with Gasteiger partial charge in [0.05, 0.1) is 12.7 Å². The van der Waals surface area contributed by atoms with Gasteiger partial charge in [-0.3, -0.25) is 0 Å². The molecule has 0 saturated heterocycles. The van der Waals surface area contributed by atoms with Gasteiger partial charge < -0.3 is 14.7 Å². The van der Waals surface area contributed by atoms with Crippen molar-refractivity contribution in [1.29, 1.82) is 0 Å². The highest BCUT2D eigenvalue weighted by atomic mass is 16.5. The molecule has 0 bridgehead atoms. The molecule has 1 aliphatic carbocycles. The fourth-order valence-electron chi connectivity index (χ4n) is 2.83. The quantitative estimate of drug-likeness (QED) is 0.829. The Bertz CT molecular complexity index is 424. The Balaban J connectivity index is 1.57. The van der Waals surface area contributed by atoms with Crippen LogP contribution in [0.1, 0.15) is 43.4 Å². The monoisotopic (exact) mass is 249 g/mol. The van der Waals surface area contributed by atoms with Gasteiger partial charge >= 0.3 is 6.03 Å². The number of carbonyl (C=O) groups excluding carboxylic acids is 1. The van der Waals surface area contributed by atoms with Crippen molar-refractivity contribution in [2.24, 2.45) is 0 Å². The van der Waals surface area contributed by atoms with Crippen LogP contribution in [0.2, 0.25) is 0 Å². The molecule has 5 nitrogen and oxygen atoms in total. The van der Waals surface area contributed by atoms with Gasteiger partial charge in [0.2, 0.25) is 0 Å². The molecule has 3 rings (SSSR count). The van der Waals surface area contributed by atoms with Crippen molar-refractivity contribution in [3.05, 3.63) is 17.5 Å². The van der Waals surface area contributed by atoms with Crippen molar-refractivity contribution in [2.75, 3.05) is 6.54 Å². The minimum absolute atomic E-state index is 0.0637. The van der Waals surface area contributed by atoms with E-state index in [-0.39, 0.29) is 6.03 Å². The van der Waals surface area contributed by atoms with Crippen LogP contribution in [0.25, 0.3) is 0 Å². The molecule has 1 saturated carbocycles. The van der Waals surface area contributed by atoms with Crippen LogP contribution in [0.15, 0.2) is 10.7 Å². The lowest BCUT2D eigenvalue weighted by Gasteiger charge is -2.30. The van der Waals surface area contributed by atoms with Crippen LogP contribution in [0.5, 0.6) is 0 Å². The fourth-order valence-corrected chi connectivity index (χ4v) is 2.83. The Morgan fingerprint density at radius 3 is 3.06 bits per heavy atom. The summed E-state index contributed by atoms with van der Waals surface area (Å²) >= 11 is 0. The summed E-state index contributed by atoms with van der Waals surface area (Å²) in [5, 5.41) is 6.93. The summed E-state index contributed by atoms with van der Waals surface area (Å²) in [5.41, 5.74) is 1.04. The molecule has 5 heteroatoms. The first kappa shape index (κ1) is 11.6. The second-order valence-corrected chi connectivity index (χ2v) is 5.23. The maximum Gasteiger partial charge on any atom is 0.317 e. The van der Waals surface area contributed by atoms with Crippen molar-refractivity contribution >= 4 is 6.03 Å². The van der Waals surface area contributed by atoms with E-state index in [0.29, 0.717) is 12.6 Å². The van der Waals surface area contributed by atoms with Gasteiger partial charge in [0.1, 0.15) is 5.76 Å². The highest BCUT2D eigenvalue weighted by Gasteiger charge is 2.25. The molecular formula is C13H19N3O2. The molecule has 1 fully saturated rings. The summed E-state index contributed by atoms with van der Waals surface area (Å²) in [6.45, 7) is 1.35. The normalized spacial score (nSPS) is 20.6. The summed E-state index contributed by atoms with van der Waals surface area (Å²) < 4.78 is 5.13. The number of nitrogens with one attached hydrogen (secondary N) is 1. The van der Waals surface area contributed by atoms with Gasteiger partial charge in [-0.1, -0.05) is 24.4 Å². The third kappa shape index (κ3) is 2.35. The summed E-state index contributed by atoms with van der Waals surface area (Å²) in [7, 11) is 0. The minimum atomic E-state index is 0.0637. The lowest BCUT2D eigenvalue weighted by Crippen LogP contribution is -2.47. The van der Waals surface area contributed by atoms with Crippen LogP contribution in [0.3, 0.4) is 0 Å². The number of urea groups is 1. The zero-order valence-corrected chi connectivity index (χ0v) is 10.5. The zero-order valence-electron chi connectivity index (χ0n) is 10.5. The number of carbonyl (C=O) groups is 1. The van der Waals surface area contributed by atoms with E-state index in [0.717, 1.165) is 37.1 Å². The van der Waals surface area contributed by atoms with Gasteiger partial charge in [-0.05, 0) is 12.8 Å². The van der Waals surface area contributed by atoms with Crippen LogP contribution in [0, 0.1) is 0 Å². The molecule has 1 aromatic rings. The van der Waals surface area contributed by atoms with Crippen molar-refractivity contribution in [3.63, 3.8) is 0 Å². The van der Waals surface area contributed by atoms with Crippen molar-refractivity contribution < 1.29 is 9.32 Å². The number of hydrogen-bond acceptors (Lipinski definition) is 3. The lowest BCUT2D eigenvalue weighted by molar-refractivity contribution is 0.181. The Labute approximate surface area is 107 Å². The number of hydrogen-bond donors (Lipinski definition) is 1. The first-order chi connectivity index (χ1) is 8.83. The topological polar surface area (TPSA) is 58.4 Å². The van der Waals surface area contributed by atoms with E-state index >= 15 is 0 Å². The summed E-state index contributed by atoms with van der Waals surface area (Å²) in [5.74, 6) is 0.928. The molecule has 0 radical (unpaired) electrons. The molecule has 2 amide bonds. The Morgan fingerprint density at radius 2 is 2.22 bits per heavy atom. The van der Waals surface area contributed by atoms with Crippen LogP contribution < -0.4 is 5.32 Å².